The number of benzene rings is 1. The maximum Gasteiger partial charge on any atom is 0.128 e. The second kappa shape index (κ2) is 7.40. The Bertz CT molecular complexity index is 552. The monoisotopic (exact) mass is 273 g/mol. The highest BCUT2D eigenvalue weighted by Gasteiger charge is 1.98. The summed E-state index contributed by atoms with van der Waals surface area (Å²) in [5.74, 6) is 0.763. The summed E-state index contributed by atoms with van der Waals surface area (Å²) in [6.45, 7) is 5.74. The Kier molecular flexibility index (Phi) is 5.84. The van der Waals surface area contributed by atoms with Gasteiger partial charge in [-0.3, -0.25) is 0 Å². The Morgan fingerprint density at radius 2 is 1.89 bits per heavy atom. The standard InChI is InChI=1S/C15H16ClN3/c1-11(2)15(18-9-8-12(3)16)19-14-6-4-13(10-17)5-7-14/h4-9,19H,1-3H3/b12-8+,18-9-. The van der Waals surface area contributed by atoms with E-state index in [4.69, 9.17) is 16.9 Å². The second-order valence-corrected chi connectivity index (χ2v) is 4.79. The van der Waals surface area contributed by atoms with Crippen molar-refractivity contribution in [2.45, 2.75) is 20.8 Å². The summed E-state index contributed by atoms with van der Waals surface area (Å²) in [5, 5.41) is 12.6. The van der Waals surface area contributed by atoms with Gasteiger partial charge in [-0.1, -0.05) is 11.6 Å². The van der Waals surface area contributed by atoms with E-state index in [0.29, 0.717) is 10.6 Å². The van der Waals surface area contributed by atoms with Crippen LogP contribution in [0.5, 0.6) is 0 Å². The first kappa shape index (κ1) is 15.0. The largest absolute Gasteiger partial charge is 0.340 e. The van der Waals surface area contributed by atoms with Crippen LogP contribution in [0.25, 0.3) is 0 Å². The van der Waals surface area contributed by atoms with Crippen molar-refractivity contribution in [1.82, 2.24) is 0 Å². The zero-order chi connectivity index (χ0) is 14.3. The molecule has 4 heteroatoms. The molecule has 1 aromatic rings. The first-order chi connectivity index (χ1) is 9.02. The second-order valence-electron chi connectivity index (χ2n) is 4.19. The van der Waals surface area contributed by atoms with Gasteiger partial charge in [-0.15, -0.1) is 0 Å². The van der Waals surface area contributed by atoms with Crippen LogP contribution in [-0.4, -0.2) is 6.21 Å². The number of allylic oxidation sites excluding steroid dienone is 3. The molecule has 0 heterocycles. The predicted octanol–water partition coefficient (Wildman–Crippen LogP) is 4.43. The van der Waals surface area contributed by atoms with Crippen molar-refractivity contribution in [2.75, 3.05) is 5.32 Å². The lowest BCUT2D eigenvalue weighted by molar-refractivity contribution is 1.20. The van der Waals surface area contributed by atoms with Crippen LogP contribution >= 0.6 is 11.6 Å². The van der Waals surface area contributed by atoms with Crippen LogP contribution < -0.4 is 5.32 Å². The molecule has 1 aromatic carbocycles. The zero-order valence-corrected chi connectivity index (χ0v) is 12.0. The van der Waals surface area contributed by atoms with Gasteiger partial charge in [-0.2, -0.15) is 5.26 Å². The maximum absolute atomic E-state index is 8.74. The summed E-state index contributed by atoms with van der Waals surface area (Å²) in [5.41, 5.74) is 2.58. The number of halogens is 1. The third-order valence-electron chi connectivity index (χ3n) is 2.26. The van der Waals surface area contributed by atoms with Gasteiger partial charge in [-0.05, 0) is 56.7 Å². The van der Waals surface area contributed by atoms with Gasteiger partial charge in [0.15, 0.2) is 0 Å². The van der Waals surface area contributed by atoms with E-state index in [9.17, 15) is 0 Å². The number of hydrogen-bond acceptors (Lipinski definition) is 3. The van der Waals surface area contributed by atoms with Crippen LogP contribution in [0.1, 0.15) is 26.3 Å². The Labute approximate surface area is 118 Å². The van der Waals surface area contributed by atoms with Crippen molar-refractivity contribution in [3.63, 3.8) is 0 Å². The fourth-order valence-electron chi connectivity index (χ4n) is 1.27. The molecule has 0 aliphatic rings. The fraction of sp³-hybridized carbons (Fsp3) is 0.200. The van der Waals surface area contributed by atoms with Crippen molar-refractivity contribution in [1.29, 1.82) is 5.26 Å². The summed E-state index contributed by atoms with van der Waals surface area (Å²) in [7, 11) is 0. The minimum absolute atomic E-state index is 0.633. The molecule has 0 amide bonds. The normalized spacial score (nSPS) is 11.2. The molecule has 98 valence electrons. The highest BCUT2D eigenvalue weighted by atomic mass is 35.5. The Hall–Kier alpha value is -2.05. The molecule has 0 bridgehead atoms. The van der Waals surface area contributed by atoms with Crippen molar-refractivity contribution < 1.29 is 0 Å². The summed E-state index contributed by atoms with van der Waals surface area (Å²) in [6.07, 6.45) is 3.38. The molecule has 19 heavy (non-hydrogen) atoms. The summed E-state index contributed by atoms with van der Waals surface area (Å²) in [4.78, 5) is 4.32. The lowest BCUT2D eigenvalue weighted by Gasteiger charge is -2.08. The molecule has 1 rings (SSSR count). The number of rotatable bonds is 4. The highest BCUT2D eigenvalue weighted by molar-refractivity contribution is 6.30. The van der Waals surface area contributed by atoms with Crippen molar-refractivity contribution >= 4 is 23.5 Å². The first-order valence-corrected chi connectivity index (χ1v) is 6.22. The van der Waals surface area contributed by atoms with E-state index in [2.05, 4.69) is 16.4 Å². The van der Waals surface area contributed by atoms with Crippen LogP contribution in [-0.2, 0) is 0 Å². The molecule has 0 aliphatic carbocycles. The minimum atomic E-state index is 0.633. The van der Waals surface area contributed by atoms with Gasteiger partial charge in [0.2, 0.25) is 0 Å². The SMILES string of the molecule is CC(C)=C(/N=C\C=C(/C)Cl)Nc1ccc(C#N)cc1. The van der Waals surface area contributed by atoms with E-state index in [1.807, 2.05) is 26.0 Å². The summed E-state index contributed by atoms with van der Waals surface area (Å²) < 4.78 is 0. The molecule has 1 N–H and O–H groups in total. The predicted molar refractivity (Wildman–Crippen MR) is 81.3 cm³/mol. The molecule has 0 fully saturated rings. The minimum Gasteiger partial charge on any atom is -0.340 e. The van der Waals surface area contributed by atoms with Gasteiger partial charge in [0.25, 0.3) is 0 Å². The van der Waals surface area contributed by atoms with E-state index in [-0.39, 0.29) is 0 Å². The van der Waals surface area contributed by atoms with Crippen molar-refractivity contribution in [3.8, 4) is 6.07 Å². The van der Waals surface area contributed by atoms with Crippen molar-refractivity contribution in [2.24, 2.45) is 4.99 Å². The average molecular weight is 274 g/mol. The Balaban J connectivity index is 2.86. The summed E-state index contributed by atoms with van der Waals surface area (Å²) >= 11 is 5.74. The van der Waals surface area contributed by atoms with Crippen LogP contribution in [0.15, 0.2) is 51.8 Å². The van der Waals surface area contributed by atoms with Gasteiger partial charge in [-0.25, -0.2) is 4.99 Å². The molecule has 3 nitrogen and oxygen atoms in total. The quantitative estimate of drug-likeness (QED) is 0.825. The van der Waals surface area contributed by atoms with Crippen molar-refractivity contribution in [3.05, 3.63) is 52.3 Å². The lowest BCUT2D eigenvalue weighted by Crippen LogP contribution is -1.99. The third-order valence-corrected chi connectivity index (χ3v) is 2.38. The highest BCUT2D eigenvalue weighted by Crippen LogP contribution is 2.14. The smallest absolute Gasteiger partial charge is 0.128 e. The van der Waals surface area contributed by atoms with Gasteiger partial charge in [0, 0.05) is 16.9 Å². The van der Waals surface area contributed by atoms with Gasteiger partial charge < -0.3 is 5.32 Å². The molecule has 0 radical (unpaired) electrons. The number of nitrogens with zero attached hydrogens (tertiary/aromatic N) is 2. The zero-order valence-electron chi connectivity index (χ0n) is 11.2. The number of aliphatic imine (C=N–C) groups is 1. The topological polar surface area (TPSA) is 48.2 Å². The van der Waals surface area contributed by atoms with Gasteiger partial charge in [0.05, 0.1) is 11.6 Å². The molecule has 0 aromatic heterocycles. The van der Waals surface area contributed by atoms with E-state index in [1.54, 1.807) is 31.3 Å². The Morgan fingerprint density at radius 3 is 2.37 bits per heavy atom. The van der Waals surface area contributed by atoms with Crippen LogP contribution in [0.4, 0.5) is 5.69 Å². The van der Waals surface area contributed by atoms with E-state index >= 15 is 0 Å². The van der Waals surface area contributed by atoms with E-state index in [0.717, 1.165) is 17.1 Å². The molecule has 0 saturated heterocycles. The molecule has 0 spiro atoms. The number of hydrogen-bond donors (Lipinski definition) is 1. The molecular weight excluding hydrogens is 258 g/mol. The summed E-state index contributed by atoms with van der Waals surface area (Å²) in [6, 6.07) is 9.30. The molecule has 0 atom stereocenters. The molecular formula is C15H16ClN3. The van der Waals surface area contributed by atoms with Crippen LogP contribution in [0.2, 0.25) is 0 Å². The van der Waals surface area contributed by atoms with E-state index < -0.39 is 0 Å². The lowest BCUT2D eigenvalue weighted by atomic mass is 10.2. The van der Waals surface area contributed by atoms with Gasteiger partial charge in [0.1, 0.15) is 5.82 Å². The fourth-order valence-corrected chi connectivity index (χ4v) is 1.32. The van der Waals surface area contributed by atoms with Gasteiger partial charge >= 0.3 is 0 Å². The number of nitriles is 1. The molecule has 0 saturated carbocycles. The molecule has 0 unspecified atom stereocenters. The number of nitrogens with one attached hydrogen (secondary N) is 1. The first-order valence-electron chi connectivity index (χ1n) is 5.84. The molecule has 0 aliphatic heterocycles. The van der Waals surface area contributed by atoms with E-state index in [1.165, 1.54) is 0 Å². The van der Waals surface area contributed by atoms with Crippen LogP contribution in [0.3, 0.4) is 0 Å². The average Bonchev–Trinajstić information content (AvgIpc) is 2.37. The Morgan fingerprint density at radius 1 is 1.26 bits per heavy atom. The number of anilines is 1. The third kappa shape index (κ3) is 5.41. The van der Waals surface area contributed by atoms with Crippen LogP contribution in [0, 0.1) is 11.3 Å². The maximum atomic E-state index is 8.74.